The molecule has 2 aromatic heterocycles. The Bertz CT molecular complexity index is 763. The molecule has 6 heteroatoms. The zero-order valence-electron chi connectivity index (χ0n) is 13.1. The second kappa shape index (κ2) is 5.41. The van der Waals surface area contributed by atoms with E-state index >= 15 is 0 Å². The van der Waals surface area contributed by atoms with E-state index in [4.69, 9.17) is 22.4 Å². The first-order valence-electron chi connectivity index (χ1n) is 8.34. The molecular formula is C17H21ClN4O. The summed E-state index contributed by atoms with van der Waals surface area (Å²) in [4.78, 5) is 14.7. The number of aldehydes is 1. The van der Waals surface area contributed by atoms with Gasteiger partial charge in [0.1, 0.15) is 17.3 Å². The molecule has 122 valence electrons. The van der Waals surface area contributed by atoms with Crippen molar-refractivity contribution in [2.75, 3.05) is 5.73 Å². The maximum atomic E-state index is 11.5. The molecule has 0 saturated carbocycles. The predicted molar refractivity (Wildman–Crippen MR) is 89.8 cm³/mol. The summed E-state index contributed by atoms with van der Waals surface area (Å²) < 4.78 is 1.93. The number of carbonyl (C=O) groups is 1. The average Bonchev–Trinajstić information content (AvgIpc) is 3.09. The lowest BCUT2D eigenvalue weighted by Crippen LogP contribution is -2.40. The number of carbonyl (C=O) groups excluding carboxylic acids is 1. The van der Waals surface area contributed by atoms with Gasteiger partial charge >= 0.3 is 0 Å². The molecule has 5 nitrogen and oxygen atoms in total. The van der Waals surface area contributed by atoms with Crippen LogP contribution in [-0.4, -0.2) is 21.1 Å². The number of H-pyrrole nitrogens is 1. The topological polar surface area (TPSA) is 76.7 Å². The Morgan fingerprint density at radius 2 is 2.17 bits per heavy atom. The van der Waals surface area contributed by atoms with Crippen LogP contribution in [0.1, 0.15) is 54.6 Å². The summed E-state index contributed by atoms with van der Waals surface area (Å²) in [6.45, 7) is 0. The van der Waals surface area contributed by atoms with Gasteiger partial charge in [-0.2, -0.15) is 5.10 Å². The SMILES string of the molecule is Nc1c2c(nn1C1(CC=O)CCCc3[nH]c(Cl)cc31)CCCC2. The summed E-state index contributed by atoms with van der Waals surface area (Å²) in [6.07, 6.45) is 8.43. The van der Waals surface area contributed by atoms with Crippen molar-refractivity contribution >= 4 is 23.7 Å². The number of anilines is 1. The van der Waals surface area contributed by atoms with Crippen molar-refractivity contribution in [2.24, 2.45) is 0 Å². The number of nitrogens with zero attached hydrogens (tertiary/aromatic N) is 2. The molecule has 23 heavy (non-hydrogen) atoms. The number of nitrogens with two attached hydrogens (primary N) is 1. The number of aromatic amines is 1. The molecule has 0 bridgehead atoms. The van der Waals surface area contributed by atoms with Crippen molar-refractivity contribution in [3.05, 3.63) is 33.7 Å². The van der Waals surface area contributed by atoms with E-state index in [9.17, 15) is 4.79 Å². The van der Waals surface area contributed by atoms with Gasteiger partial charge in [0, 0.05) is 23.2 Å². The number of nitrogens with one attached hydrogen (secondary N) is 1. The highest BCUT2D eigenvalue weighted by Crippen LogP contribution is 2.44. The summed E-state index contributed by atoms with van der Waals surface area (Å²) in [6, 6.07) is 1.94. The lowest BCUT2D eigenvalue weighted by Gasteiger charge is -2.37. The molecule has 0 aliphatic heterocycles. The second-order valence-electron chi connectivity index (χ2n) is 6.69. The molecule has 2 aromatic rings. The van der Waals surface area contributed by atoms with Crippen LogP contribution in [0.15, 0.2) is 6.07 Å². The van der Waals surface area contributed by atoms with Crippen LogP contribution in [0.2, 0.25) is 5.15 Å². The molecular weight excluding hydrogens is 312 g/mol. The Hall–Kier alpha value is -1.75. The highest BCUT2D eigenvalue weighted by molar-refractivity contribution is 6.29. The summed E-state index contributed by atoms with van der Waals surface area (Å²) in [5.41, 5.74) is 10.4. The van der Waals surface area contributed by atoms with Gasteiger partial charge in [-0.05, 0) is 51.0 Å². The van der Waals surface area contributed by atoms with E-state index in [1.54, 1.807) is 0 Å². The van der Waals surface area contributed by atoms with Crippen LogP contribution < -0.4 is 5.73 Å². The number of nitrogen functional groups attached to an aromatic ring is 1. The monoisotopic (exact) mass is 332 g/mol. The van der Waals surface area contributed by atoms with Crippen LogP contribution in [-0.2, 0) is 29.6 Å². The van der Waals surface area contributed by atoms with E-state index in [0.29, 0.717) is 11.6 Å². The van der Waals surface area contributed by atoms with E-state index in [1.165, 1.54) is 5.56 Å². The number of rotatable bonds is 3. The molecule has 1 unspecified atom stereocenters. The van der Waals surface area contributed by atoms with E-state index in [0.717, 1.165) is 74.0 Å². The van der Waals surface area contributed by atoms with Crippen LogP contribution in [0.5, 0.6) is 0 Å². The van der Waals surface area contributed by atoms with Crippen LogP contribution in [0, 0.1) is 0 Å². The van der Waals surface area contributed by atoms with Crippen molar-refractivity contribution < 1.29 is 4.79 Å². The number of aromatic nitrogens is 3. The maximum absolute atomic E-state index is 11.5. The van der Waals surface area contributed by atoms with Crippen molar-refractivity contribution in [3.63, 3.8) is 0 Å². The third kappa shape index (κ3) is 2.13. The maximum Gasteiger partial charge on any atom is 0.126 e. The van der Waals surface area contributed by atoms with Gasteiger partial charge in [0.05, 0.1) is 11.2 Å². The number of hydrogen-bond donors (Lipinski definition) is 2. The minimum Gasteiger partial charge on any atom is -0.384 e. The predicted octanol–water partition coefficient (Wildman–Crippen LogP) is 2.99. The molecule has 2 aliphatic rings. The smallest absolute Gasteiger partial charge is 0.126 e. The van der Waals surface area contributed by atoms with Crippen molar-refractivity contribution in [3.8, 4) is 0 Å². The fraction of sp³-hybridized carbons (Fsp3) is 0.529. The van der Waals surface area contributed by atoms with Gasteiger partial charge < -0.3 is 15.5 Å². The van der Waals surface area contributed by atoms with Crippen LogP contribution >= 0.6 is 11.6 Å². The largest absolute Gasteiger partial charge is 0.384 e. The first-order valence-corrected chi connectivity index (χ1v) is 8.72. The first-order chi connectivity index (χ1) is 11.2. The van der Waals surface area contributed by atoms with Gasteiger partial charge in [-0.3, -0.25) is 0 Å². The zero-order chi connectivity index (χ0) is 16.0. The van der Waals surface area contributed by atoms with E-state index in [-0.39, 0.29) is 0 Å². The van der Waals surface area contributed by atoms with Gasteiger partial charge in [-0.25, -0.2) is 4.68 Å². The second-order valence-corrected chi connectivity index (χ2v) is 7.10. The highest BCUT2D eigenvalue weighted by atomic mass is 35.5. The Morgan fingerprint density at radius 1 is 1.35 bits per heavy atom. The first kappa shape index (κ1) is 14.8. The molecule has 0 saturated heterocycles. The summed E-state index contributed by atoms with van der Waals surface area (Å²) >= 11 is 6.20. The fourth-order valence-electron chi connectivity index (χ4n) is 4.33. The Morgan fingerprint density at radius 3 is 2.96 bits per heavy atom. The fourth-order valence-corrected chi connectivity index (χ4v) is 4.55. The minimum atomic E-state index is -0.500. The normalized spacial score (nSPS) is 23.3. The molecule has 0 spiro atoms. The molecule has 0 amide bonds. The van der Waals surface area contributed by atoms with Gasteiger partial charge in [0.15, 0.2) is 0 Å². The zero-order valence-corrected chi connectivity index (χ0v) is 13.8. The highest BCUT2D eigenvalue weighted by Gasteiger charge is 2.42. The number of hydrogen-bond acceptors (Lipinski definition) is 3. The Balaban J connectivity index is 1.93. The van der Waals surface area contributed by atoms with Crippen molar-refractivity contribution in [2.45, 2.75) is 56.9 Å². The van der Waals surface area contributed by atoms with Crippen LogP contribution in [0.25, 0.3) is 0 Å². The molecule has 2 heterocycles. The standard InChI is InChI=1S/C17H21ClN4O/c18-15-10-12-14(20-15)6-3-7-17(12,8-9-23)22-16(19)11-4-1-2-5-13(11)21-22/h9-10,20H,1-8,19H2. The lowest BCUT2D eigenvalue weighted by molar-refractivity contribution is -0.109. The van der Waals surface area contributed by atoms with Crippen LogP contribution in [0.4, 0.5) is 5.82 Å². The molecule has 0 radical (unpaired) electrons. The summed E-state index contributed by atoms with van der Waals surface area (Å²) in [5, 5.41) is 5.46. The van der Waals surface area contributed by atoms with Gasteiger partial charge in [0.25, 0.3) is 0 Å². The molecule has 0 fully saturated rings. The molecule has 2 aliphatic carbocycles. The quantitative estimate of drug-likeness (QED) is 0.848. The minimum absolute atomic E-state index is 0.374. The van der Waals surface area contributed by atoms with Crippen LogP contribution in [0.3, 0.4) is 0 Å². The lowest BCUT2D eigenvalue weighted by atomic mass is 9.77. The third-order valence-electron chi connectivity index (χ3n) is 5.41. The van der Waals surface area contributed by atoms with Gasteiger partial charge in [-0.1, -0.05) is 11.6 Å². The van der Waals surface area contributed by atoms with E-state index in [1.807, 2.05) is 10.7 Å². The molecule has 1 atom stereocenters. The van der Waals surface area contributed by atoms with Gasteiger partial charge in [-0.15, -0.1) is 0 Å². The van der Waals surface area contributed by atoms with Gasteiger partial charge in [0.2, 0.25) is 0 Å². The number of halogens is 1. The Labute approximate surface area is 140 Å². The summed E-state index contributed by atoms with van der Waals surface area (Å²) in [7, 11) is 0. The molecule has 0 aromatic carbocycles. The van der Waals surface area contributed by atoms with Crippen molar-refractivity contribution in [1.82, 2.24) is 14.8 Å². The van der Waals surface area contributed by atoms with E-state index < -0.39 is 5.54 Å². The number of aryl methyl sites for hydroxylation is 2. The number of fused-ring (bicyclic) bond motifs is 2. The molecule has 4 rings (SSSR count). The van der Waals surface area contributed by atoms with Crippen molar-refractivity contribution in [1.29, 1.82) is 0 Å². The third-order valence-corrected chi connectivity index (χ3v) is 5.61. The molecule has 3 N–H and O–H groups in total. The van der Waals surface area contributed by atoms with E-state index in [2.05, 4.69) is 4.98 Å². The average molecular weight is 333 g/mol. The Kier molecular flexibility index (Phi) is 3.48. The summed E-state index contributed by atoms with van der Waals surface area (Å²) in [5.74, 6) is 0.728.